The zero-order chi connectivity index (χ0) is 20.0. The molecule has 160 valence electrons. The van der Waals surface area contributed by atoms with Crippen molar-refractivity contribution < 1.29 is 14.3 Å². The van der Waals surface area contributed by atoms with E-state index < -0.39 is 0 Å². The van der Waals surface area contributed by atoms with E-state index in [-0.39, 0.29) is 41.8 Å². The Morgan fingerprint density at radius 2 is 2.04 bits per heavy atom. The van der Waals surface area contributed by atoms with Crippen LogP contribution >= 0.6 is 24.0 Å². The molecule has 2 atom stereocenters. The summed E-state index contributed by atoms with van der Waals surface area (Å²) < 4.78 is 12.1. The summed E-state index contributed by atoms with van der Waals surface area (Å²) >= 11 is 0. The molecule has 1 N–H and O–H groups in total. The van der Waals surface area contributed by atoms with Gasteiger partial charge in [0.2, 0.25) is 0 Å². The van der Waals surface area contributed by atoms with Gasteiger partial charge in [-0.1, -0.05) is 6.92 Å². The number of ether oxygens (including phenoxy) is 2. The molecule has 0 bridgehead atoms. The molecule has 0 aliphatic carbocycles. The quantitative estimate of drug-likeness (QED) is 0.263. The Bertz CT molecular complexity index is 677. The molecule has 0 amide bonds. The molecule has 0 radical (unpaired) electrons. The molecule has 9 heteroatoms. The second kappa shape index (κ2) is 11.6. The minimum atomic E-state index is -0.146. The molecule has 1 aliphatic rings. The molecule has 2 unspecified atom stereocenters. The van der Waals surface area contributed by atoms with Crippen molar-refractivity contribution in [1.82, 2.24) is 20.0 Å². The number of hydrogen-bond donors (Lipinski definition) is 1. The normalized spacial score (nSPS) is 19.5. The summed E-state index contributed by atoms with van der Waals surface area (Å²) in [5.74, 6) is 0.812. The van der Waals surface area contributed by atoms with E-state index in [9.17, 15) is 4.79 Å². The van der Waals surface area contributed by atoms with E-state index in [0.717, 1.165) is 42.5 Å². The second-order valence-corrected chi connectivity index (χ2v) is 7.05. The molecule has 28 heavy (non-hydrogen) atoms. The number of aromatic nitrogens is 2. The van der Waals surface area contributed by atoms with Gasteiger partial charge >= 0.3 is 5.97 Å². The Balaban J connectivity index is 0.00000392. The molecule has 2 heterocycles. The zero-order valence-corrected chi connectivity index (χ0v) is 20.1. The van der Waals surface area contributed by atoms with Gasteiger partial charge < -0.3 is 19.7 Å². The van der Waals surface area contributed by atoms with Crippen molar-refractivity contribution in [3.05, 3.63) is 17.0 Å². The van der Waals surface area contributed by atoms with E-state index in [2.05, 4.69) is 29.2 Å². The second-order valence-electron chi connectivity index (χ2n) is 7.05. The van der Waals surface area contributed by atoms with Crippen molar-refractivity contribution in [1.29, 1.82) is 0 Å². The maximum absolute atomic E-state index is 12.0. The monoisotopic (exact) mass is 507 g/mol. The van der Waals surface area contributed by atoms with E-state index in [1.54, 1.807) is 7.11 Å². The SMILES string of the molecule is CCNC(=NCc1c(C)nn(CCOC)c1C)N1CC(C)C(C(=O)OC)C1.I. The largest absolute Gasteiger partial charge is 0.469 e. The first kappa shape index (κ1) is 24.7. The fourth-order valence-electron chi connectivity index (χ4n) is 3.54. The Hall–Kier alpha value is -1.36. The van der Waals surface area contributed by atoms with Crippen molar-refractivity contribution in [2.75, 3.05) is 40.5 Å². The number of nitrogens with zero attached hydrogens (tertiary/aromatic N) is 4. The average Bonchev–Trinajstić information content (AvgIpc) is 3.16. The summed E-state index contributed by atoms with van der Waals surface area (Å²) in [5, 5.41) is 7.95. The average molecular weight is 507 g/mol. The Morgan fingerprint density at radius 3 is 2.64 bits per heavy atom. The number of guanidine groups is 1. The van der Waals surface area contributed by atoms with Gasteiger partial charge in [-0.05, 0) is 26.7 Å². The number of carbonyl (C=O) groups excluding carboxylic acids is 1. The maximum atomic E-state index is 12.0. The minimum absolute atomic E-state index is 0. The molecular formula is C19H34IN5O3. The van der Waals surface area contributed by atoms with Crippen LogP contribution in [-0.4, -0.2) is 67.1 Å². The van der Waals surface area contributed by atoms with Crippen LogP contribution in [0.1, 0.15) is 30.8 Å². The summed E-state index contributed by atoms with van der Waals surface area (Å²) in [5.41, 5.74) is 3.25. The van der Waals surface area contributed by atoms with Gasteiger partial charge in [0, 0.05) is 38.0 Å². The van der Waals surface area contributed by atoms with E-state index in [1.807, 2.05) is 18.5 Å². The summed E-state index contributed by atoms with van der Waals surface area (Å²) in [6, 6.07) is 0. The van der Waals surface area contributed by atoms with Gasteiger partial charge in [-0.15, -0.1) is 24.0 Å². The van der Waals surface area contributed by atoms with Crippen molar-refractivity contribution in [2.24, 2.45) is 16.8 Å². The predicted octanol–water partition coefficient (Wildman–Crippen LogP) is 1.97. The molecule has 0 aromatic carbocycles. The van der Waals surface area contributed by atoms with Crippen LogP contribution in [-0.2, 0) is 27.4 Å². The van der Waals surface area contributed by atoms with Crippen molar-refractivity contribution >= 4 is 35.9 Å². The number of nitrogens with one attached hydrogen (secondary N) is 1. The van der Waals surface area contributed by atoms with Crippen molar-refractivity contribution in [2.45, 2.75) is 40.8 Å². The lowest BCUT2D eigenvalue weighted by Crippen LogP contribution is -2.40. The van der Waals surface area contributed by atoms with E-state index in [4.69, 9.17) is 14.5 Å². The van der Waals surface area contributed by atoms with Gasteiger partial charge in [-0.2, -0.15) is 5.10 Å². The number of rotatable bonds is 7. The molecule has 1 aromatic heterocycles. The zero-order valence-electron chi connectivity index (χ0n) is 17.8. The first-order chi connectivity index (χ1) is 12.9. The summed E-state index contributed by atoms with van der Waals surface area (Å²) in [6.07, 6.45) is 0. The predicted molar refractivity (Wildman–Crippen MR) is 120 cm³/mol. The third-order valence-corrected chi connectivity index (χ3v) is 5.18. The number of carbonyl (C=O) groups is 1. The first-order valence-electron chi connectivity index (χ1n) is 9.55. The first-order valence-corrected chi connectivity index (χ1v) is 9.55. The Labute approximate surface area is 185 Å². The van der Waals surface area contributed by atoms with Crippen LogP contribution in [0.4, 0.5) is 0 Å². The number of likely N-dealkylation sites (tertiary alicyclic amines) is 1. The number of hydrogen-bond acceptors (Lipinski definition) is 5. The topological polar surface area (TPSA) is 81.0 Å². The van der Waals surface area contributed by atoms with Crippen molar-refractivity contribution in [3.63, 3.8) is 0 Å². The molecule has 8 nitrogen and oxygen atoms in total. The van der Waals surface area contributed by atoms with Crippen LogP contribution < -0.4 is 5.32 Å². The molecular weight excluding hydrogens is 473 g/mol. The van der Waals surface area contributed by atoms with Gasteiger partial charge in [-0.25, -0.2) is 4.99 Å². The Kier molecular flexibility index (Phi) is 10.2. The highest BCUT2D eigenvalue weighted by Gasteiger charge is 2.36. The fraction of sp³-hybridized carbons (Fsp3) is 0.737. The highest BCUT2D eigenvalue weighted by atomic mass is 127. The van der Waals surface area contributed by atoms with Gasteiger partial charge in [0.1, 0.15) is 0 Å². The van der Waals surface area contributed by atoms with E-state index >= 15 is 0 Å². The lowest BCUT2D eigenvalue weighted by molar-refractivity contribution is -0.145. The van der Waals surface area contributed by atoms with E-state index in [0.29, 0.717) is 19.7 Å². The van der Waals surface area contributed by atoms with Crippen LogP contribution in [0.25, 0.3) is 0 Å². The molecule has 2 rings (SSSR count). The van der Waals surface area contributed by atoms with Gasteiger partial charge in [0.15, 0.2) is 5.96 Å². The number of aliphatic imine (C=N–C) groups is 1. The Morgan fingerprint density at radius 1 is 1.32 bits per heavy atom. The van der Waals surface area contributed by atoms with Crippen LogP contribution in [0.5, 0.6) is 0 Å². The highest BCUT2D eigenvalue weighted by molar-refractivity contribution is 14.0. The van der Waals surface area contributed by atoms with Crippen LogP contribution in [0.15, 0.2) is 4.99 Å². The van der Waals surface area contributed by atoms with Gasteiger partial charge in [0.05, 0.1) is 38.4 Å². The molecule has 1 aliphatic heterocycles. The third kappa shape index (κ3) is 5.82. The van der Waals surface area contributed by atoms with Crippen molar-refractivity contribution in [3.8, 4) is 0 Å². The highest BCUT2D eigenvalue weighted by Crippen LogP contribution is 2.24. The summed E-state index contributed by atoms with van der Waals surface area (Å²) in [6.45, 7) is 12.3. The number of aryl methyl sites for hydroxylation is 1. The fourth-order valence-corrected chi connectivity index (χ4v) is 3.54. The minimum Gasteiger partial charge on any atom is -0.469 e. The number of esters is 1. The summed E-state index contributed by atoms with van der Waals surface area (Å²) in [7, 11) is 3.14. The maximum Gasteiger partial charge on any atom is 0.310 e. The lowest BCUT2D eigenvalue weighted by atomic mass is 9.99. The lowest BCUT2D eigenvalue weighted by Gasteiger charge is -2.21. The van der Waals surface area contributed by atoms with Crippen LogP contribution in [0.3, 0.4) is 0 Å². The van der Waals surface area contributed by atoms with E-state index in [1.165, 1.54) is 7.11 Å². The third-order valence-electron chi connectivity index (χ3n) is 5.18. The molecule has 1 fully saturated rings. The molecule has 1 aromatic rings. The van der Waals surface area contributed by atoms with Gasteiger partial charge in [0.25, 0.3) is 0 Å². The van der Waals surface area contributed by atoms with Gasteiger partial charge in [-0.3, -0.25) is 9.48 Å². The number of methoxy groups -OCH3 is 2. The van der Waals surface area contributed by atoms with Crippen LogP contribution in [0.2, 0.25) is 0 Å². The smallest absolute Gasteiger partial charge is 0.310 e. The molecule has 0 spiro atoms. The van der Waals surface area contributed by atoms with Crippen LogP contribution in [0, 0.1) is 25.7 Å². The molecule has 1 saturated heterocycles. The summed E-state index contributed by atoms with van der Waals surface area (Å²) in [4.78, 5) is 19.0. The number of halogens is 1. The standard InChI is InChI=1S/C19H33N5O3.HI/c1-7-20-19(23-11-13(2)17(12-23)18(25)27-6)21-10-16-14(3)22-24(15(16)4)8-9-26-5;/h13,17H,7-12H2,1-6H3,(H,20,21);1H. The molecule has 0 saturated carbocycles.